The van der Waals surface area contributed by atoms with Crippen LogP contribution < -0.4 is 9.64 Å². The first kappa shape index (κ1) is 22.9. The third kappa shape index (κ3) is 5.83. The van der Waals surface area contributed by atoms with Gasteiger partial charge < -0.3 is 19.1 Å². The molecule has 1 amide bonds. The molecule has 0 bridgehead atoms. The monoisotopic (exact) mass is 413 g/mol. The number of likely N-dealkylation sites (N-methyl/N-ethyl adjacent to an activating group) is 1. The lowest BCUT2D eigenvalue weighted by atomic mass is 9.98. The first-order chi connectivity index (χ1) is 14.2. The zero-order chi connectivity index (χ0) is 22.3. The van der Waals surface area contributed by atoms with E-state index in [0.717, 1.165) is 5.56 Å². The summed E-state index contributed by atoms with van der Waals surface area (Å²) >= 11 is 0. The summed E-state index contributed by atoms with van der Waals surface area (Å²) in [7, 11) is 2.76. The first-order valence-corrected chi connectivity index (χ1v) is 9.57. The van der Waals surface area contributed by atoms with Gasteiger partial charge in [0.25, 0.3) is 5.91 Å². The molecule has 2 aromatic carbocycles. The molecule has 0 aromatic heterocycles. The maximum atomic E-state index is 12.4. The molecular weight excluding hydrogens is 386 g/mol. The molecule has 2 aromatic rings. The molecule has 0 fully saturated rings. The second-order valence-electron chi connectivity index (χ2n) is 7.08. The smallest absolute Gasteiger partial charge is 0.344 e. The number of aryl methyl sites for hydroxylation is 1. The van der Waals surface area contributed by atoms with Crippen molar-refractivity contribution >= 4 is 23.5 Å². The molecule has 2 rings (SSSR count). The van der Waals surface area contributed by atoms with Crippen molar-refractivity contribution in [3.8, 4) is 5.75 Å². The van der Waals surface area contributed by atoms with Gasteiger partial charge in [0, 0.05) is 7.05 Å². The third-order valence-corrected chi connectivity index (χ3v) is 4.62. The molecule has 0 radical (unpaired) electrons. The van der Waals surface area contributed by atoms with E-state index in [1.165, 1.54) is 24.6 Å². The van der Waals surface area contributed by atoms with Gasteiger partial charge in [0.15, 0.2) is 13.2 Å². The third-order valence-electron chi connectivity index (χ3n) is 4.62. The normalized spacial score (nSPS) is 10.5. The number of carbonyl (C=O) groups is 3. The van der Waals surface area contributed by atoms with Gasteiger partial charge in [0.05, 0.1) is 18.4 Å². The number of ether oxygens (including phenoxy) is 3. The second kappa shape index (κ2) is 10.4. The maximum Gasteiger partial charge on any atom is 0.344 e. The summed E-state index contributed by atoms with van der Waals surface area (Å²) < 4.78 is 15.2. The Balaban J connectivity index is 1.90. The van der Waals surface area contributed by atoms with Gasteiger partial charge in [0.1, 0.15) is 5.75 Å². The van der Waals surface area contributed by atoms with Crippen LogP contribution in [0.4, 0.5) is 5.69 Å². The van der Waals surface area contributed by atoms with Crippen molar-refractivity contribution in [1.82, 2.24) is 0 Å². The number of rotatable bonds is 8. The second-order valence-corrected chi connectivity index (χ2v) is 7.08. The highest BCUT2D eigenvalue weighted by molar-refractivity contribution is 6.02. The molecule has 30 heavy (non-hydrogen) atoms. The van der Waals surface area contributed by atoms with Crippen molar-refractivity contribution in [2.45, 2.75) is 26.7 Å². The van der Waals surface area contributed by atoms with Gasteiger partial charge in [-0.1, -0.05) is 32.0 Å². The van der Waals surface area contributed by atoms with Crippen LogP contribution in [-0.2, 0) is 19.1 Å². The summed E-state index contributed by atoms with van der Waals surface area (Å²) in [6, 6.07) is 12.2. The van der Waals surface area contributed by atoms with E-state index in [0.29, 0.717) is 17.4 Å². The molecule has 0 aliphatic carbocycles. The van der Waals surface area contributed by atoms with E-state index in [2.05, 4.69) is 13.8 Å². The standard InChI is InChI=1S/C23H27NO6/c1-15(2)18-11-10-17(12-16(18)3)29-14-22(26)30-13-21(25)24(4)20-9-7-6-8-19(20)23(27)28-5/h6-12,15H,13-14H2,1-5H3. The Labute approximate surface area is 176 Å². The zero-order valence-corrected chi connectivity index (χ0v) is 17.9. The van der Waals surface area contributed by atoms with Crippen LogP contribution in [0.1, 0.15) is 41.3 Å². The van der Waals surface area contributed by atoms with Crippen LogP contribution in [0.25, 0.3) is 0 Å². The Morgan fingerprint density at radius 1 is 1.03 bits per heavy atom. The minimum absolute atomic E-state index is 0.241. The molecule has 0 spiro atoms. The Hall–Kier alpha value is -3.35. The van der Waals surface area contributed by atoms with Gasteiger partial charge in [0.2, 0.25) is 0 Å². The predicted octanol–water partition coefficient (Wildman–Crippen LogP) is 3.49. The van der Waals surface area contributed by atoms with E-state index in [9.17, 15) is 14.4 Å². The van der Waals surface area contributed by atoms with Crippen molar-refractivity contribution in [1.29, 1.82) is 0 Å². The fourth-order valence-electron chi connectivity index (χ4n) is 2.99. The molecular formula is C23H27NO6. The number of benzene rings is 2. The summed E-state index contributed by atoms with van der Waals surface area (Å²) in [6.07, 6.45) is 0. The Morgan fingerprint density at radius 2 is 1.73 bits per heavy atom. The van der Waals surface area contributed by atoms with Crippen LogP contribution in [-0.4, -0.2) is 45.2 Å². The fraction of sp³-hybridized carbons (Fsp3) is 0.348. The molecule has 0 unspecified atom stereocenters. The number of anilines is 1. The number of hydrogen-bond donors (Lipinski definition) is 0. The van der Waals surface area contributed by atoms with Crippen LogP contribution in [0.5, 0.6) is 5.75 Å². The lowest BCUT2D eigenvalue weighted by Crippen LogP contribution is -2.33. The van der Waals surface area contributed by atoms with Gasteiger partial charge in [-0.2, -0.15) is 0 Å². The average molecular weight is 413 g/mol. The van der Waals surface area contributed by atoms with E-state index in [1.807, 2.05) is 19.1 Å². The van der Waals surface area contributed by atoms with Gasteiger partial charge in [-0.15, -0.1) is 0 Å². The fourth-order valence-corrected chi connectivity index (χ4v) is 2.99. The molecule has 0 aliphatic rings. The number of nitrogens with zero attached hydrogens (tertiary/aromatic N) is 1. The number of amides is 1. The summed E-state index contributed by atoms with van der Waals surface area (Å²) in [6.45, 7) is 5.42. The topological polar surface area (TPSA) is 82.1 Å². The van der Waals surface area contributed by atoms with E-state index >= 15 is 0 Å². The highest BCUT2D eigenvalue weighted by Crippen LogP contribution is 2.23. The van der Waals surface area contributed by atoms with Crippen molar-refractivity contribution in [3.63, 3.8) is 0 Å². The van der Waals surface area contributed by atoms with Gasteiger partial charge >= 0.3 is 11.9 Å². The molecule has 160 valence electrons. The molecule has 0 heterocycles. The zero-order valence-electron chi connectivity index (χ0n) is 17.9. The number of esters is 2. The average Bonchev–Trinajstić information content (AvgIpc) is 2.74. The Morgan fingerprint density at radius 3 is 2.37 bits per heavy atom. The van der Waals surface area contributed by atoms with Gasteiger partial charge in [-0.25, -0.2) is 9.59 Å². The van der Waals surface area contributed by atoms with E-state index in [1.54, 1.807) is 30.3 Å². The van der Waals surface area contributed by atoms with Crippen LogP contribution in [0.15, 0.2) is 42.5 Å². The van der Waals surface area contributed by atoms with E-state index in [-0.39, 0.29) is 12.2 Å². The molecule has 7 heteroatoms. The van der Waals surface area contributed by atoms with Crippen LogP contribution >= 0.6 is 0 Å². The molecule has 0 N–H and O–H groups in total. The maximum absolute atomic E-state index is 12.4. The van der Waals surface area contributed by atoms with Crippen molar-refractivity contribution in [2.75, 3.05) is 32.3 Å². The van der Waals surface area contributed by atoms with E-state index in [4.69, 9.17) is 14.2 Å². The molecule has 0 aliphatic heterocycles. The molecule has 7 nitrogen and oxygen atoms in total. The molecule has 0 saturated carbocycles. The van der Waals surface area contributed by atoms with Crippen LogP contribution in [0.2, 0.25) is 0 Å². The Kier molecular flexibility index (Phi) is 7.98. The highest BCUT2D eigenvalue weighted by atomic mass is 16.6. The highest BCUT2D eigenvalue weighted by Gasteiger charge is 2.20. The largest absolute Gasteiger partial charge is 0.482 e. The summed E-state index contributed by atoms with van der Waals surface area (Å²) in [5.41, 5.74) is 2.90. The number of carbonyl (C=O) groups excluding carboxylic acids is 3. The van der Waals surface area contributed by atoms with Gasteiger partial charge in [-0.05, 0) is 48.2 Å². The van der Waals surface area contributed by atoms with Crippen molar-refractivity contribution < 1.29 is 28.6 Å². The van der Waals surface area contributed by atoms with Crippen molar-refractivity contribution in [3.05, 3.63) is 59.2 Å². The first-order valence-electron chi connectivity index (χ1n) is 9.57. The molecule has 0 saturated heterocycles. The number of hydrogen-bond acceptors (Lipinski definition) is 6. The SMILES string of the molecule is COC(=O)c1ccccc1N(C)C(=O)COC(=O)COc1ccc(C(C)C)c(C)c1. The lowest BCUT2D eigenvalue weighted by molar-refractivity contribution is -0.149. The minimum atomic E-state index is -0.663. The number of methoxy groups -OCH3 is 1. The Bertz CT molecular complexity index is 922. The predicted molar refractivity (Wildman–Crippen MR) is 113 cm³/mol. The lowest BCUT2D eigenvalue weighted by Gasteiger charge is -2.19. The van der Waals surface area contributed by atoms with E-state index < -0.39 is 24.5 Å². The summed E-state index contributed by atoms with van der Waals surface area (Å²) in [4.78, 5) is 37.5. The van der Waals surface area contributed by atoms with Crippen LogP contribution in [0.3, 0.4) is 0 Å². The summed E-state index contributed by atoms with van der Waals surface area (Å²) in [5.74, 6) is -0.754. The van der Waals surface area contributed by atoms with Crippen LogP contribution in [0, 0.1) is 6.92 Å². The molecule has 0 atom stereocenters. The summed E-state index contributed by atoms with van der Waals surface area (Å²) in [5, 5.41) is 0. The van der Waals surface area contributed by atoms with Crippen molar-refractivity contribution in [2.24, 2.45) is 0 Å². The number of para-hydroxylation sites is 1. The van der Waals surface area contributed by atoms with Gasteiger partial charge in [-0.3, -0.25) is 4.79 Å². The minimum Gasteiger partial charge on any atom is -0.482 e. The quantitative estimate of drug-likeness (QED) is 0.616.